The predicted octanol–water partition coefficient (Wildman–Crippen LogP) is 4.23. The van der Waals surface area contributed by atoms with Gasteiger partial charge in [0.2, 0.25) is 0 Å². The highest BCUT2D eigenvalue weighted by Gasteiger charge is 2.38. The van der Waals surface area contributed by atoms with Crippen LogP contribution in [-0.2, 0) is 11.2 Å². The lowest BCUT2D eigenvalue weighted by Gasteiger charge is -2.42. The molecule has 1 saturated carbocycles. The van der Waals surface area contributed by atoms with Gasteiger partial charge in [0.05, 0.1) is 5.60 Å². The molecule has 1 aliphatic carbocycles. The second kappa shape index (κ2) is 5.66. The summed E-state index contributed by atoms with van der Waals surface area (Å²) < 4.78 is 32.2. The van der Waals surface area contributed by atoms with Crippen LogP contribution in [0.25, 0.3) is 0 Å². The SMILES string of the molecule is COC1(CC(Br)Cc2cccc(F)c2F)CCC1. The maximum Gasteiger partial charge on any atom is 0.162 e. The van der Waals surface area contributed by atoms with Crippen LogP contribution < -0.4 is 0 Å². The van der Waals surface area contributed by atoms with E-state index in [9.17, 15) is 8.78 Å². The minimum Gasteiger partial charge on any atom is -0.378 e. The molecule has 1 unspecified atom stereocenters. The molecule has 1 atom stereocenters. The summed E-state index contributed by atoms with van der Waals surface area (Å²) in [7, 11) is 1.72. The van der Waals surface area contributed by atoms with Crippen molar-refractivity contribution in [3.63, 3.8) is 0 Å². The Morgan fingerprint density at radius 3 is 2.67 bits per heavy atom. The molecule has 18 heavy (non-hydrogen) atoms. The van der Waals surface area contributed by atoms with E-state index in [2.05, 4.69) is 15.9 Å². The van der Waals surface area contributed by atoms with E-state index in [-0.39, 0.29) is 10.4 Å². The molecule has 0 bridgehead atoms. The maximum absolute atomic E-state index is 13.5. The standard InChI is InChI=1S/C14H17BrF2O/c1-18-14(6-3-7-14)9-11(15)8-10-4-2-5-12(16)13(10)17/h2,4-5,11H,3,6-9H2,1H3. The van der Waals surface area contributed by atoms with Gasteiger partial charge in [0.1, 0.15) is 0 Å². The molecule has 0 saturated heterocycles. The first kappa shape index (κ1) is 13.9. The van der Waals surface area contributed by atoms with Crippen molar-refractivity contribution in [2.75, 3.05) is 7.11 Å². The quantitative estimate of drug-likeness (QED) is 0.738. The Morgan fingerprint density at radius 1 is 1.39 bits per heavy atom. The van der Waals surface area contributed by atoms with Gasteiger partial charge in [-0.3, -0.25) is 0 Å². The molecule has 1 aromatic rings. The third-order valence-corrected chi connectivity index (χ3v) is 4.41. The van der Waals surface area contributed by atoms with E-state index in [0.717, 1.165) is 25.3 Å². The van der Waals surface area contributed by atoms with E-state index in [1.54, 1.807) is 19.2 Å². The lowest BCUT2D eigenvalue weighted by Crippen LogP contribution is -2.41. The average Bonchev–Trinajstić information content (AvgIpc) is 2.30. The predicted molar refractivity (Wildman–Crippen MR) is 71.0 cm³/mol. The van der Waals surface area contributed by atoms with Gasteiger partial charge in [0.15, 0.2) is 11.6 Å². The third-order valence-electron chi connectivity index (χ3n) is 3.76. The minimum atomic E-state index is -0.780. The molecule has 1 nitrogen and oxygen atoms in total. The fourth-order valence-electron chi connectivity index (χ4n) is 2.48. The van der Waals surface area contributed by atoms with Crippen molar-refractivity contribution in [2.45, 2.75) is 42.5 Å². The highest BCUT2D eigenvalue weighted by atomic mass is 79.9. The van der Waals surface area contributed by atoms with E-state index >= 15 is 0 Å². The zero-order valence-corrected chi connectivity index (χ0v) is 12.0. The summed E-state index contributed by atoms with van der Waals surface area (Å²) in [6, 6.07) is 4.32. The molecule has 1 aliphatic rings. The molecule has 2 rings (SSSR count). The molecule has 0 aromatic heterocycles. The zero-order chi connectivity index (χ0) is 13.2. The van der Waals surface area contributed by atoms with Gasteiger partial charge in [-0.2, -0.15) is 0 Å². The van der Waals surface area contributed by atoms with Crippen LogP contribution in [0.5, 0.6) is 0 Å². The van der Waals surface area contributed by atoms with Crippen molar-refractivity contribution in [3.8, 4) is 0 Å². The van der Waals surface area contributed by atoms with Crippen LogP contribution >= 0.6 is 15.9 Å². The highest BCUT2D eigenvalue weighted by Crippen LogP contribution is 2.40. The Kier molecular flexibility index (Phi) is 4.38. The number of ether oxygens (including phenoxy) is 1. The fraction of sp³-hybridized carbons (Fsp3) is 0.571. The molecule has 0 spiro atoms. The summed E-state index contributed by atoms with van der Waals surface area (Å²) in [6.07, 6.45) is 4.60. The number of alkyl halides is 1. The van der Waals surface area contributed by atoms with Crippen molar-refractivity contribution in [1.29, 1.82) is 0 Å². The zero-order valence-electron chi connectivity index (χ0n) is 10.4. The lowest BCUT2D eigenvalue weighted by molar-refractivity contribution is -0.0771. The molecular formula is C14H17BrF2O. The Labute approximate surface area is 115 Å². The number of hydrogen-bond donors (Lipinski definition) is 0. The number of methoxy groups -OCH3 is 1. The summed E-state index contributed by atoms with van der Waals surface area (Å²) in [5.41, 5.74) is 0.361. The van der Waals surface area contributed by atoms with Gasteiger partial charge in [0.25, 0.3) is 0 Å². The Morgan fingerprint density at radius 2 is 2.11 bits per heavy atom. The van der Waals surface area contributed by atoms with Gasteiger partial charge in [-0.15, -0.1) is 0 Å². The summed E-state index contributed by atoms with van der Waals surface area (Å²) >= 11 is 3.56. The molecule has 0 radical (unpaired) electrons. The van der Waals surface area contributed by atoms with E-state index in [4.69, 9.17) is 4.74 Å². The van der Waals surface area contributed by atoms with Gasteiger partial charge in [0, 0.05) is 11.9 Å². The summed E-state index contributed by atoms with van der Waals surface area (Å²) in [6.45, 7) is 0. The van der Waals surface area contributed by atoms with Crippen LogP contribution in [0.4, 0.5) is 8.78 Å². The van der Waals surface area contributed by atoms with Crippen molar-refractivity contribution in [1.82, 2.24) is 0 Å². The van der Waals surface area contributed by atoms with Crippen molar-refractivity contribution in [3.05, 3.63) is 35.4 Å². The van der Waals surface area contributed by atoms with Crippen molar-refractivity contribution < 1.29 is 13.5 Å². The molecular weight excluding hydrogens is 302 g/mol. The Balaban J connectivity index is 1.98. The number of hydrogen-bond acceptors (Lipinski definition) is 1. The normalized spacial score (nSPS) is 19.3. The monoisotopic (exact) mass is 318 g/mol. The van der Waals surface area contributed by atoms with E-state index in [1.807, 2.05) is 0 Å². The van der Waals surface area contributed by atoms with E-state index < -0.39 is 11.6 Å². The molecule has 0 N–H and O–H groups in total. The molecule has 1 fully saturated rings. The smallest absolute Gasteiger partial charge is 0.162 e. The average molecular weight is 319 g/mol. The first-order chi connectivity index (χ1) is 8.56. The summed E-state index contributed by atoms with van der Waals surface area (Å²) in [5.74, 6) is -1.51. The number of benzene rings is 1. The first-order valence-corrected chi connectivity index (χ1v) is 7.10. The molecule has 0 heterocycles. The molecule has 1 aromatic carbocycles. The molecule has 4 heteroatoms. The van der Waals surface area contributed by atoms with Gasteiger partial charge in [-0.25, -0.2) is 8.78 Å². The summed E-state index contributed by atoms with van der Waals surface area (Å²) in [4.78, 5) is 0.106. The Bertz CT molecular complexity index is 413. The van der Waals surface area contributed by atoms with Crippen LogP contribution in [0.2, 0.25) is 0 Å². The third kappa shape index (κ3) is 2.91. The van der Waals surface area contributed by atoms with Gasteiger partial charge >= 0.3 is 0 Å². The Hall–Kier alpha value is -0.480. The maximum atomic E-state index is 13.5. The van der Waals surface area contributed by atoms with Gasteiger partial charge in [-0.05, 0) is 43.7 Å². The van der Waals surface area contributed by atoms with Crippen molar-refractivity contribution in [2.24, 2.45) is 0 Å². The van der Waals surface area contributed by atoms with Gasteiger partial charge in [-0.1, -0.05) is 28.1 Å². The number of rotatable bonds is 5. The van der Waals surface area contributed by atoms with Crippen molar-refractivity contribution >= 4 is 15.9 Å². The largest absolute Gasteiger partial charge is 0.378 e. The van der Waals surface area contributed by atoms with Crippen LogP contribution in [0.1, 0.15) is 31.2 Å². The summed E-state index contributed by atoms with van der Waals surface area (Å²) in [5, 5.41) is 0. The van der Waals surface area contributed by atoms with Crippen LogP contribution in [-0.4, -0.2) is 17.5 Å². The van der Waals surface area contributed by atoms with Crippen LogP contribution in [0.15, 0.2) is 18.2 Å². The molecule has 0 amide bonds. The molecule has 0 aliphatic heterocycles. The second-order valence-electron chi connectivity index (χ2n) is 4.96. The molecule has 100 valence electrons. The second-order valence-corrected chi connectivity index (χ2v) is 6.25. The fourth-order valence-corrected chi connectivity index (χ4v) is 3.42. The van der Waals surface area contributed by atoms with E-state index in [0.29, 0.717) is 12.0 Å². The van der Waals surface area contributed by atoms with Crippen LogP contribution in [0.3, 0.4) is 0 Å². The lowest BCUT2D eigenvalue weighted by atomic mass is 9.76. The van der Waals surface area contributed by atoms with Gasteiger partial charge < -0.3 is 4.74 Å². The minimum absolute atomic E-state index is 0.0576. The number of halogens is 3. The highest BCUT2D eigenvalue weighted by molar-refractivity contribution is 9.09. The topological polar surface area (TPSA) is 9.23 Å². The first-order valence-electron chi connectivity index (χ1n) is 6.18. The van der Waals surface area contributed by atoms with E-state index in [1.165, 1.54) is 6.42 Å². The van der Waals surface area contributed by atoms with Crippen LogP contribution in [0, 0.1) is 11.6 Å².